The highest BCUT2D eigenvalue weighted by Crippen LogP contribution is 2.22. The van der Waals surface area contributed by atoms with Crippen molar-refractivity contribution in [1.29, 1.82) is 0 Å². The summed E-state index contributed by atoms with van der Waals surface area (Å²) in [5.74, 6) is -0.0514. The highest BCUT2D eigenvalue weighted by molar-refractivity contribution is 6.05. The summed E-state index contributed by atoms with van der Waals surface area (Å²) in [6.45, 7) is 9.97. The lowest BCUT2D eigenvalue weighted by atomic mass is 9.87. The largest absolute Gasteiger partial charge is 0.310 e. The molecule has 1 aromatic heterocycles. The quantitative estimate of drug-likeness (QED) is 0.623. The van der Waals surface area contributed by atoms with E-state index in [1.807, 2.05) is 25.1 Å². The van der Waals surface area contributed by atoms with Crippen molar-refractivity contribution in [3.63, 3.8) is 0 Å². The molecule has 0 aliphatic carbocycles. The molecule has 2 N–H and O–H groups in total. The first-order valence-electron chi connectivity index (χ1n) is 8.82. The van der Waals surface area contributed by atoms with Gasteiger partial charge in [-0.05, 0) is 54.7 Å². The monoisotopic (exact) mass is 366 g/mol. The Bertz CT molecular complexity index is 849. The number of rotatable bonds is 5. The molecular formula is C21H26N4O2. The van der Waals surface area contributed by atoms with E-state index in [2.05, 4.69) is 41.6 Å². The number of nitrogens with zero attached hydrogens (tertiary/aromatic N) is 2. The maximum atomic E-state index is 12.2. The highest BCUT2D eigenvalue weighted by Gasteiger charge is 2.14. The summed E-state index contributed by atoms with van der Waals surface area (Å²) in [6, 6.07) is 11.1. The van der Waals surface area contributed by atoms with Crippen LogP contribution in [-0.2, 0) is 10.2 Å². The Morgan fingerprint density at radius 2 is 1.78 bits per heavy atom. The average Bonchev–Trinajstić information content (AvgIpc) is 2.59. The van der Waals surface area contributed by atoms with Crippen LogP contribution in [0.3, 0.4) is 0 Å². The fourth-order valence-electron chi connectivity index (χ4n) is 2.40. The summed E-state index contributed by atoms with van der Waals surface area (Å²) in [5.41, 5.74) is 5.70. The van der Waals surface area contributed by atoms with E-state index in [4.69, 9.17) is 0 Å². The summed E-state index contributed by atoms with van der Waals surface area (Å²) in [6.07, 6.45) is 1.70. The molecule has 0 aliphatic rings. The number of aryl methyl sites for hydroxylation is 1. The molecule has 0 spiro atoms. The predicted octanol–water partition coefficient (Wildman–Crippen LogP) is 3.82. The number of carbonyl (C=O) groups excluding carboxylic acids is 2. The Morgan fingerprint density at radius 3 is 2.37 bits per heavy atom. The van der Waals surface area contributed by atoms with E-state index in [9.17, 15) is 9.59 Å². The Kier molecular flexibility index (Phi) is 6.45. The van der Waals surface area contributed by atoms with E-state index >= 15 is 0 Å². The summed E-state index contributed by atoms with van der Waals surface area (Å²) < 4.78 is 0. The standard InChI is InChI=1S/C21H26N4O2/c1-14-10-11-22-18(12-14)23-19(26)13-15(2)24-25-20(27)16-6-8-17(9-7-16)21(3,4)5/h6-12H,13H2,1-5H3,(H,25,27)(H,22,23,26). The van der Waals surface area contributed by atoms with Gasteiger partial charge in [0, 0.05) is 17.5 Å². The van der Waals surface area contributed by atoms with E-state index in [1.54, 1.807) is 31.3 Å². The highest BCUT2D eigenvalue weighted by atomic mass is 16.2. The number of pyridine rings is 1. The van der Waals surface area contributed by atoms with E-state index in [0.29, 0.717) is 17.1 Å². The number of amides is 2. The molecule has 0 atom stereocenters. The number of anilines is 1. The van der Waals surface area contributed by atoms with Gasteiger partial charge in [-0.25, -0.2) is 10.4 Å². The number of nitrogens with one attached hydrogen (secondary N) is 2. The number of hydrogen-bond donors (Lipinski definition) is 2. The van der Waals surface area contributed by atoms with Crippen molar-refractivity contribution >= 4 is 23.3 Å². The molecule has 1 aromatic carbocycles. The summed E-state index contributed by atoms with van der Waals surface area (Å²) in [4.78, 5) is 28.3. The van der Waals surface area contributed by atoms with Crippen LogP contribution in [-0.4, -0.2) is 22.5 Å². The summed E-state index contributed by atoms with van der Waals surface area (Å²) in [7, 11) is 0. The smallest absolute Gasteiger partial charge is 0.271 e. The molecule has 27 heavy (non-hydrogen) atoms. The van der Waals surface area contributed by atoms with Gasteiger partial charge in [0.2, 0.25) is 5.91 Å². The molecule has 6 nitrogen and oxygen atoms in total. The minimum Gasteiger partial charge on any atom is -0.310 e. The SMILES string of the molecule is CC(CC(=O)Nc1cc(C)ccn1)=NNC(=O)c1ccc(C(C)(C)C)cc1. The van der Waals surface area contributed by atoms with Gasteiger partial charge in [-0.15, -0.1) is 0 Å². The predicted molar refractivity (Wildman–Crippen MR) is 108 cm³/mol. The number of hydrogen-bond acceptors (Lipinski definition) is 4. The second-order valence-corrected chi connectivity index (χ2v) is 7.56. The fourth-order valence-corrected chi connectivity index (χ4v) is 2.40. The van der Waals surface area contributed by atoms with Gasteiger partial charge in [0.25, 0.3) is 5.91 Å². The molecule has 0 aliphatic heterocycles. The lowest BCUT2D eigenvalue weighted by molar-refractivity contribution is -0.115. The molecule has 142 valence electrons. The first kappa shape index (κ1) is 20.3. The topological polar surface area (TPSA) is 83.4 Å². The molecule has 2 amide bonds. The zero-order chi connectivity index (χ0) is 20.0. The van der Waals surface area contributed by atoms with Gasteiger partial charge in [0.05, 0.1) is 6.42 Å². The molecule has 0 fully saturated rings. The number of benzene rings is 1. The number of aromatic nitrogens is 1. The van der Waals surface area contributed by atoms with Crippen LogP contribution in [0.1, 0.15) is 55.6 Å². The van der Waals surface area contributed by atoms with Crippen LogP contribution in [0.5, 0.6) is 0 Å². The van der Waals surface area contributed by atoms with Gasteiger partial charge >= 0.3 is 0 Å². The van der Waals surface area contributed by atoms with E-state index in [1.165, 1.54) is 0 Å². The Hall–Kier alpha value is -3.02. The van der Waals surface area contributed by atoms with Crippen LogP contribution in [0.2, 0.25) is 0 Å². The Morgan fingerprint density at radius 1 is 1.11 bits per heavy atom. The second-order valence-electron chi connectivity index (χ2n) is 7.56. The van der Waals surface area contributed by atoms with E-state index in [0.717, 1.165) is 11.1 Å². The van der Waals surface area contributed by atoms with E-state index in [-0.39, 0.29) is 23.7 Å². The molecule has 0 saturated heterocycles. The molecule has 2 rings (SSSR count). The van der Waals surface area contributed by atoms with Crippen molar-refractivity contribution < 1.29 is 9.59 Å². The molecule has 0 bridgehead atoms. The minimum atomic E-state index is -0.310. The van der Waals surface area contributed by atoms with Gasteiger partial charge in [0.15, 0.2) is 0 Å². The van der Waals surface area contributed by atoms with Gasteiger partial charge < -0.3 is 5.32 Å². The maximum Gasteiger partial charge on any atom is 0.271 e. The molecule has 0 unspecified atom stereocenters. The normalized spacial score (nSPS) is 11.8. The molecular weight excluding hydrogens is 340 g/mol. The lowest BCUT2D eigenvalue weighted by Crippen LogP contribution is -2.22. The summed E-state index contributed by atoms with van der Waals surface area (Å²) >= 11 is 0. The zero-order valence-electron chi connectivity index (χ0n) is 16.5. The summed E-state index contributed by atoms with van der Waals surface area (Å²) in [5, 5.41) is 6.72. The lowest BCUT2D eigenvalue weighted by Gasteiger charge is -2.18. The van der Waals surface area contributed by atoms with Crippen LogP contribution in [0.15, 0.2) is 47.7 Å². The third-order valence-electron chi connectivity index (χ3n) is 3.96. The van der Waals surface area contributed by atoms with Crippen molar-refractivity contribution in [2.45, 2.75) is 46.5 Å². The van der Waals surface area contributed by atoms with Crippen molar-refractivity contribution in [2.75, 3.05) is 5.32 Å². The third kappa shape index (κ3) is 6.33. The van der Waals surface area contributed by atoms with Crippen molar-refractivity contribution in [3.05, 3.63) is 59.3 Å². The van der Waals surface area contributed by atoms with Crippen molar-refractivity contribution in [1.82, 2.24) is 10.4 Å². The van der Waals surface area contributed by atoms with Gasteiger partial charge in [-0.3, -0.25) is 9.59 Å². The molecule has 2 aromatic rings. The number of hydrazone groups is 1. The Labute approximate surface area is 160 Å². The fraction of sp³-hybridized carbons (Fsp3) is 0.333. The second kappa shape index (κ2) is 8.58. The molecule has 0 saturated carbocycles. The van der Waals surface area contributed by atoms with Gasteiger partial charge in [0.1, 0.15) is 5.82 Å². The minimum absolute atomic E-state index is 0.0310. The van der Waals surface area contributed by atoms with Crippen LogP contribution >= 0.6 is 0 Å². The van der Waals surface area contributed by atoms with Crippen molar-refractivity contribution in [2.24, 2.45) is 5.10 Å². The first-order valence-corrected chi connectivity index (χ1v) is 8.82. The molecule has 1 heterocycles. The first-order chi connectivity index (χ1) is 12.6. The van der Waals surface area contributed by atoms with Crippen LogP contribution in [0.25, 0.3) is 0 Å². The average molecular weight is 366 g/mol. The van der Waals surface area contributed by atoms with Crippen LogP contribution < -0.4 is 10.7 Å². The molecule has 0 radical (unpaired) electrons. The van der Waals surface area contributed by atoms with E-state index < -0.39 is 0 Å². The zero-order valence-corrected chi connectivity index (χ0v) is 16.5. The maximum absolute atomic E-state index is 12.2. The van der Waals surface area contributed by atoms with Crippen LogP contribution in [0.4, 0.5) is 5.82 Å². The number of carbonyl (C=O) groups is 2. The van der Waals surface area contributed by atoms with Gasteiger partial charge in [-0.2, -0.15) is 5.10 Å². The van der Waals surface area contributed by atoms with Gasteiger partial charge in [-0.1, -0.05) is 32.9 Å². The van der Waals surface area contributed by atoms with Crippen LogP contribution in [0, 0.1) is 6.92 Å². The molecule has 6 heteroatoms. The van der Waals surface area contributed by atoms with Crippen molar-refractivity contribution in [3.8, 4) is 0 Å². The third-order valence-corrected chi connectivity index (χ3v) is 3.96. The Balaban J connectivity index is 1.90.